The smallest absolute Gasteiger partial charge is 0.0847 e. The SMILES string of the molecule is CCCN(C)C=NCC. The molecule has 54 valence electrons. The van der Waals surface area contributed by atoms with Gasteiger partial charge in [-0.2, -0.15) is 0 Å². The van der Waals surface area contributed by atoms with E-state index < -0.39 is 0 Å². The number of nitrogens with zero attached hydrogens (tertiary/aromatic N) is 2. The van der Waals surface area contributed by atoms with Gasteiger partial charge < -0.3 is 4.90 Å². The Morgan fingerprint density at radius 2 is 2.11 bits per heavy atom. The molecule has 0 aliphatic carbocycles. The zero-order valence-electron chi connectivity index (χ0n) is 6.59. The van der Waals surface area contributed by atoms with Gasteiger partial charge in [0.25, 0.3) is 0 Å². The van der Waals surface area contributed by atoms with Gasteiger partial charge in [-0.25, -0.2) is 0 Å². The Bertz CT molecular complexity index is 79.0. The maximum absolute atomic E-state index is 4.09. The fourth-order valence-corrected chi connectivity index (χ4v) is 0.631. The van der Waals surface area contributed by atoms with Crippen LogP contribution >= 0.6 is 0 Å². The van der Waals surface area contributed by atoms with Crippen LogP contribution in [0.15, 0.2) is 4.99 Å². The van der Waals surface area contributed by atoms with Crippen molar-refractivity contribution in [2.75, 3.05) is 20.1 Å². The molecule has 0 N–H and O–H groups in total. The topological polar surface area (TPSA) is 15.6 Å². The van der Waals surface area contributed by atoms with Gasteiger partial charge in [-0.3, -0.25) is 4.99 Å². The summed E-state index contributed by atoms with van der Waals surface area (Å²) < 4.78 is 0. The van der Waals surface area contributed by atoms with Crippen molar-refractivity contribution in [1.82, 2.24) is 4.90 Å². The Hall–Kier alpha value is -0.530. The van der Waals surface area contributed by atoms with Crippen molar-refractivity contribution in [3.05, 3.63) is 0 Å². The lowest BCUT2D eigenvalue weighted by molar-refractivity contribution is 0.513. The summed E-state index contributed by atoms with van der Waals surface area (Å²) in [5.74, 6) is 0. The van der Waals surface area contributed by atoms with Crippen LogP contribution in [0, 0.1) is 0 Å². The fourth-order valence-electron chi connectivity index (χ4n) is 0.631. The van der Waals surface area contributed by atoms with Gasteiger partial charge in [0.05, 0.1) is 6.34 Å². The third kappa shape index (κ3) is 5.34. The molecule has 9 heavy (non-hydrogen) atoms. The van der Waals surface area contributed by atoms with E-state index >= 15 is 0 Å². The van der Waals surface area contributed by atoms with E-state index in [2.05, 4.69) is 16.8 Å². The summed E-state index contributed by atoms with van der Waals surface area (Å²) in [6.45, 7) is 6.18. The Labute approximate surface area is 57.6 Å². The van der Waals surface area contributed by atoms with Crippen LogP contribution in [0.2, 0.25) is 0 Å². The largest absolute Gasteiger partial charge is 0.366 e. The third-order valence-electron chi connectivity index (χ3n) is 1.04. The first-order chi connectivity index (χ1) is 4.31. The predicted octanol–water partition coefficient (Wildman–Crippen LogP) is 1.38. The molecule has 0 aromatic carbocycles. The molecule has 2 heteroatoms. The van der Waals surface area contributed by atoms with E-state index in [9.17, 15) is 0 Å². The predicted molar refractivity (Wildman–Crippen MR) is 42.0 cm³/mol. The van der Waals surface area contributed by atoms with Gasteiger partial charge >= 0.3 is 0 Å². The highest BCUT2D eigenvalue weighted by molar-refractivity contribution is 5.54. The lowest BCUT2D eigenvalue weighted by Crippen LogP contribution is -2.16. The van der Waals surface area contributed by atoms with Gasteiger partial charge in [-0.1, -0.05) is 6.92 Å². The lowest BCUT2D eigenvalue weighted by atomic mass is 10.5. The highest BCUT2D eigenvalue weighted by Crippen LogP contribution is 1.80. The van der Waals surface area contributed by atoms with Crippen LogP contribution < -0.4 is 0 Å². The van der Waals surface area contributed by atoms with Crippen LogP contribution in [-0.4, -0.2) is 31.4 Å². The quantitative estimate of drug-likeness (QED) is 0.412. The van der Waals surface area contributed by atoms with Crippen molar-refractivity contribution < 1.29 is 0 Å². The first-order valence-corrected chi connectivity index (χ1v) is 3.51. The minimum absolute atomic E-state index is 0.883. The molecule has 0 unspecified atom stereocenters. The average Bonchev–Trinajstić information content (AvgIpc) is 1.85. The van der Waals surface area contributed by atoms with Crippen LogP contribution in [0.1, 0.15) is 20.3 Å². The van der Waals surface area contributed by atoms with Crippen molar-refractivity contribution in [2.24, 2.45) is 4.99 Å². The van der Waals surface area contributed by atoms with Gasteiger partial charge in [0.15, 0.2) is 0 Å². The molecule has 0 aliphatic rings. The van der Waals surface area contributed by atoms with E-state index in [1.165, 1.54) is 6.42 Å². The molecule has 0 rings (SSSR count). The van der Waals surface area contributed by atoms with Crippen LogP contribution in [0.3, 0.4) is 0 Å². The highest BCUT2D eigenvalue weighted by Gasteiger charge is 1.84. The summed E-state index contributed by atoms with van der Waals surface area (Å²) in [5.41, 5.74) is 0. The number of hydrogen-bond donors (Lipinski definition) is 0. The average molecular weight is 128 g/mol. The number of rotatable bonds is 4. The minimum Gasteiger partial charge on any atom is -0.366 e. The van der Waals surface area contributed by atoms with Crippen LogP contribution in [-0.2, 0) is 0 Å². The maximum Gasteiger partial charge on any atom is 0.0847 e. The molecule has 0 bridgehead atoms. The van der Waals surface area contributed by atoms with E-state index in [4.69, 9.17) is 0 Å². The zero-order chi connectivity index (χ0) is 7.11. The van der Waals surface area contributed by atoms with Gasteiger partial charge in [-0.05, 0) is 13.3 Å². The van der Waals surface area contributed by atoms with E-state index in [0.717, 1.165) is 13.1 Å². The Morgan fingerprint density at radius 3 is 2.56 bits per heavy atom. The molecule has 0 aromatic heterocycles. The zero-order valence-corrected chi connectivity index (χ0v) is 6.59. The molecular weight excluding hydrogens is 112 g/mol. The van der Waals surface area contributed by atoms with Gasteiger partial charge in [0, 0.05) is 20.1 Å². The van der Waals surface area contributed by atoms with Gasteiger partial charge in [0.2, 0.25) is 0 Å². The number of aliphatic imine (C=N–C) groups is 1. The molecule has 2 nitrogen and oxygen atoms in total. The monoisotopic (exact) mass is 128 g/mol. The molecule has 0 radical (unpaired) electrons. The van der Waals surface area contributed by atoms with Crippen LogP contribution in [0.25, 0.3) is 0 Å². The normalized spacial score (nSPS) is 10.6. The van der Waals surface area contributed by atoms with E-state index in [1.807, 2.05) is 20.3 Å². The third-order valence-corrected chi connectivity index (χ3v) is 1.04. The molecule has 0 fully saturated rings. The highest BCUT2D eigenvalue weighted by atomic mass is 15.1. The van der Waals surface area contributed by atoms with E-state index in [-0.39, 0.29) is 0 Å². The van der Waals surface area contributed by atoms with E-state index in [0.29, 0.717) is 0 Å². The summed E-state index contributed by atoms with van der Waals surface area (Å²) in [6.07, 6.45) is 3.08. The molecule has 0 aromatic rings. The van der Waals surface area contributed by atoms with Crippen molar-refractivity contribution in [3.63, 3.8) is 0 Å². The molecule has 0 heterocycles. The van der Waals surface area contributed by atoms with Crippen molar-refractivity contribution in [1.29, 1.82) is 0 Å². The van der Waals surface area contributed by atoms with Crippen molar-refractivity contribution in [3.8, 4) is 0 Å². The van der Waals surface area contributed by atoms with Gasteiger partial charge in [0.1, 0.15) is 0 Å². The first kappa shape index (κ1) is 8.47. The lowest BCUT2D eigenvalue weighted by Gasteiger charge is -2.09. The second-order valence-corrected chi connectivity index (χ2v) is 2.09. The molecular formula is C7H16N2. The summed E-state index contributed by atoms with van der Waals surface area (Å²) in [4.78, 5) is 6.19. The van der Waals surface area contributed by atoms with Crippen LogP contribution in [0.4, 0.5) is 0 Å². The standard InChI is InChI=1S/C7H16N2/c1-4-6-9(3)7-8-5-2/h7H,4-6H2,1-3H3. The first-order valence-electron chi connectivity index (χ1n) is 3.51. The molecule has 0 amide bonds. The molecule has 0 saturated heterocycles. The van der Waals surface area contributed by atoms with Crippen LogP contribution in [0.5, 0.6) is 0 Å². The summed E-state index contributed by atoms with van der Waals surface area (Å²) in [5, 5.41) is 0. The Kier molecular flexibility index (Phi) is 5.27. The maximum atomic E-state index is 4.09. The van der Waals surface area contributed by atoms with Crippen molar-refractivity contribution in [2.45, 2.75) is 20.3 Å². The molecule has 0 aliphatic heterocycles. The fraction of sp³-hybridized carbons (Fsp3) is 0.857. The summed E-state index contributed by atoms with van der Waals surface area (Å²) >= 11 is 0. The summed E-state index contributed by atoms with van der Waals surface area (Å²) in [6, 6.07) is 0. The number of hydrogen-bond acceptors (Lipinski definition) is 1. The summed E-state index contributed by atoms with van der Waals surface area (Å²) in [7, 11) is 2.04. The second-order valence-electron chi connectivity index (χ2n) is 2.09. The van der Waals surface area contributed by atoms with Gasteiger partial charge in [-0.15, -0.1) is 0 Å². The Balaban J connectivity index is 3.25. The second kappa shape index (κ2) is 5.60. The molecule has 0 saturated carbocycles. The van der Waals surface area contributed by atoms with Crippen molar-refractivity contribution >= 4 is 6.34 Å². The molecule has 0 atom stereocenters. The molecule has 0 spiro atoms. The van der Waals surface area contributed by atoms with E-state index in [1.54, 1.807) is 0 Å². The minimum atomic E-state index is 0.883. The Morgan fingerprint density at radius 1 is 1.44 bits per heavy atom.